The number of halogens is 3. The van der Waals surface area contributed by atoms with Gasteiger partial charge in [0.2, 0.25) is 0 Å². The van der Waals surface area contributed by atoms with Gasteiger partial charge in [-0.25, -0.2) is 14.1 Å². The molecule has 0 radical (unpaired) electrons. The van der Waals surface area contributed by atoms with Crippen LogP contribution in [0.1, 0.15) is 10.5 Å². The zero-order valence-electron chi connectivity index (χ0n) is 10.8. The van der Waals surface area contributed by atoms with E-state index in [1.807, 2.05) is 0 Å². The molecule has 1 aromatic carbocycles. The van der Waals surface area contributed by atoms with Crippen LogP contribution in [0.3, 0.4) is 0 Å². The predicted octanol–water partition coefficient (Wildman–Crippen LogP) is 3.29. The molecule has 3 aromatic rings. The van der Waals surface area contributed by atoms with Crippen molar-refractivity contribution in [3.8, 4) is 5.69 Å². The number of carbonyl (C=O) groups excluding carboxylic acids is 1. The number of anilines is 1. The number of carbonyl (C=O) groups is 1. The van der Waals surface area contributed by atoms with Gasteiger partial charge in [-0.15, -0.1) is 0 Å². The van der Waals surface area contributed by atoms with Crippen LogP contribution in [0.2, 0.25) is 10.2 Å². The van der Waals surface area contributed by atoms with Crippen molar-refractivity contribution < 1.29 is 9.18 Å². The zero-order valence-corrected chi connectivity index (χ0v) is 12.4. The molecule has 0 aliphatic rings. The number of nitrogens with one attached hydrogen (secondary N) is 2. The van der Waals surface area contributed by atoms with Gasteiger partial charge in [-0.3, -0.25) is 4.79 Å². The summed E-state index contributed by atoms with van der Waals surface area (Å²) in [5, 5.41) is 6.78. The highest BCUT2D eigenvalue weighted by Gasteiger charge is 2.13. The van der Waals surface area contributed by atoms with Crippen molar-refractivity contribution in [2.24, 2.45) is 0 Å². The molecule has 22 heavy (non-hydrogen) atoms. The number of benzene rings is 1. The lowest BCUT2D eigenvalue weighted by Gasteiger charge is -2.07. The molecule has 3 rings (SSSR count). The fraction of sp³-hybridized carbons (Fsp3) is 0. The van der Waals surface area contributed by atoms with Crippen molar-refractivity contribution in [2.75, 3.05) is 5.32 Å². The Morgan fingerprint density at radius 3 is 2.73 bits per heavy atom. The molecule has 2 aromatic heterocycles. The smallest absolute Gasteiger partial charge is 0.272 e. The maximum atomic E-state index is 14.0. The monoisotopic (exact) mass is 339 g/mol. The molecule has 0 fully saturated rings. The molecule has 2 heterocycles. The Morgan fingerprint density at radius 1 is 1.32 bits per heavy atom. The highest BCUT2D eigenvalue weighted by atomic mass is 35.5. The Morgan fingerprint density at radius 2 is 2.14 bits per heavy atom. The zero-order chi connectivity index (χ0) is 15.7. The van der Waals surface area contributed by atoms with Gasteiger partial charge in [-0.1, -0.05) is 23.2 Å². The Bertz CT molecular complexity index is 812. The van der Waals surface area contributed by atoms with Crippen molar-refractivity contribution in [1.29, 1.82) is 0 Å². The van der Waals surface area contributed by atoms with Crippen LogP contribution in [-0.2, 0) is 0 Å². The Balaban J connectivity index is 1.81. The number of nitrogens with zero attached hydrogens (tertiary/aromatic N) is 3. The highest BCUT2D eigenvalue weighted by molar-refractivity contribution is 6.41. The summed E-state index contributed by atoms with van der Waals surface area (Å²) in [5.74, 6) is -1.03. The minimum absolute atomic E-state index is 0.166. The lowest BCUT2D eigenvalue weighted by molar-refractivity contribution is 0.102. The third kappa shape index (κ3) is 2.81. The first-order valence-corrected chi connectivity index (χ1v) is 6.80. The van der Waals surface area contributed by atoms with Crippen LogP contribution in [0.4, 0.5) is 10.1 Å². The predicted molar refractivity (Wildman–Crippen MR) is 80.1 cm³/mol. The van der Waals surface area contributed by atoms with E-state index in [-0.39, 0.29) is 27.2 Å². The van der Waals surface area contributed by atoms with Crippen LogP contribution in [0.25, 0.3) is 5.69 Å². The van der Waals surface area contributed by atoms with E-state index in [2.05, 4.69) is 20.4 Å². The highest BCUT2D eigenvalue weighted by Crippen LogP contribution is 2.23. The molecule has 0 atom stereocenters. The molecule has 6 nitrogen and oxygen atoms in total. The van der Waals surface area contributed by atoms with Crippen LogP contribution < -0.4 is 5.32 Å². The van der Waals surface area contributed by atoms with Crippen molar-refractivity contribution in [3.05, 3.63) is 58.6 Å². The van der Waals surface area contributed by atoms with Crippen LogP contribution in [0, 0.1) is 5.82 Å². The second-order valence-electron chi connectivity index (χ2n) is 4.31. The van der Waals surface area contributed by atoms with Crippen LogP contribution in [0.5, 0.6) is 0 Å². The molecule has 0 saturated heterocycles. The average Bonchev–Trinajstić information content (AvgIpc) is 3.10. The fourth-order valence-corrected chi connectivity index (χ4v) is 2.14. The Hall–Kier alpha value is -2.38. The molecule has 0 spiro atoms. The van der Waals surface area contributed by atoms with E-state index >= 15 is 0 Å². The molecule has 0 saturated carbocycles. The van der Waals surface area contributed by atoms with Crippen LogP contribution in [-0.4, -0.2) is 25.7 Å². The van der Waals surface area contributed by atoms with Gasteiger partial charge in [-0.2, -0.15) is 5.10 Å². The minimum Gasteiger partial charge on any atom is -0.340 e. The molecule has 2 N–H and O–H groups in total. The Labute approximate surface area is 133 Å². The van der Waals surface area contributed by atoms with Gasteiger partial charge in [0, 0.05) is 5.69 Å². The quantitative estimate of drug-likeness (QED) is 0.768. The maximum absolute atomic E-state index is 14.0. The summed E-state index contributed by atoms with van der Waals surface area (Å²) in [7, 11) is 0. The third-order valence-electron chi connectivity index (χ3n) is 2.84. The lowest BCUT2D eigenvalue weighted by atomic mass is 10.2. The van der Waals surface area contributed by atoms with E-state index in [4.69, 9.17) is 23.2 Å². The van der Waals surface area contributed by atoms with Gasteiger partial charge in [0.15, 0.2) is 5.82 Å². The van der Waals surface area contributed by atoms with Gasteiger partial charge < -0.3 is 10.3 Å². The molecule has 0 aliphatic carbocycles. The molecule has 0 aliphatic heterocycles. The fourth-order valence-electron chi connectivity index (χ4n) is 1.83. The molecule has 1 amide bonds. The van der Waals surface area contributed by atoms with Crippen molar-refractivity contribution in [3.63, 3.8) is 0 Å². The summed E-state index contributed by atoms with van der Waals surface area (Å²) >= 11 is 11.5. The molecule has 0 bridgehead atoms. The van der Waals surface area contributed by atoms with Gasteiger partial charge in [-0.05, 0) is 24.3 Å². The van der Waals surface area contributed by atoms with E-state index in [1.54, 1.807) is 6.07 Å². The van der Waals surface area contributed by atoms with E-state index in [9.17, 15) is 9.18 Å². The van der Waals surface area contributed by atoms with Gasteiger partial charge in [0.1, 0.15) is 29.2 Å². The minimum atomic E-state index is -0.550. The van der Waals surface area contributed by atoms with Gasteiger partial charge >= 0.3 is 0 Å². The normalized spacial score (nSPS) is 10.7. The first-order chi connectivity index (χ1) is 10.5. The lowest BCUT2D eigenvalue weighted by Crippen LogP contribution is -2.12. The number of hydrogen-bond donors (Lipinski definition) is 2. The SMILES string of the molecule is O=C(Nc1ccc(-n2cncn2)c(F)c1)c1cc(Cl)c(Cl)[nH]1. The number of amides is 1. The van der Waals surface area contributed by atoms with Gasteiger partial charge in [0.25, 0.3) is 5.91 Å². The number of H-pyrrole nitrogens is 1. The second kappa shape index (κ2) is 5.78. The summed E-state index contributed by atoms with van der Waals surface area (Å²) in [6.45, 7) is 0. The first-order valence-electron chi connectivity index (χ1n) is 6.04. The number of aromatic nitrogens is 4. The summed E-state index contributed by atoms with van der Waals surface area (Å²) in [5.41, 5.74) is 0.686. The molecule has 9 heteroatoms. The maximum Gasteiger partial charge on any atom is 0.272 e. The van der Waals surface area contributed by atoms with Crippen molar-refractivity contribution in [2.45, 2.75) is 0 Å². The first kappa shape index (κ1) is 14.6. The summed E-state index contributed by atoms with van der Waals surface area (Å²) in [6, 6.07) is 5.60. The van der Waals surface area contributed by atoms with E-state index in [1.165, 1.54) is 35.5 Å². The van der Waals surface area contributed by atoms with E-state index in [0.717, 1.165) is 0 Å². The number of aromatic amines is 1. The van der Waals surface area contributed by atoms with Crippen LogP contribution >= 0.6 is 23.2 Å². The number of hydrogen-bond acceptors (Lipinski definition) is 3. The third-order valence-corrected chi connectivity index (χ3v) is 3.53. The van der Waals surface area contributed by atoms with Crippen molar-refractivity contribution >= 4 is 34.8 Å². The molecule has 0 unspecified atom stereocenters. The standard InChI is InChI=1S/C13H8Cl2FN5O/c14-8-4-10(20-12(8)15)13(22)19-7-1-2-11(9(16)3-7)21-6-17-5-18-21/h1-6,20H,(H,19,22). The summed E-state index contributed by atoms with van der Waals surface area (Å²) in [6.07, 6.45) is 2.67. The van der Waals surface area contributed by atoms with Gasteiger partial charge in [0.05, 0.1) is 5.02 Å². The number of rotatable bonds is 3. The van der Waals surface area contributed by atoms with E-state index in [0.29, 0.717) is 0 Å². The molecule has 112 valence electrons. The molecular weight excluding hydrogens is 332 g/mol. The molecular formula is C13H8Cl2FN5O. The van der Waals surface area contributed by atoms with E-state index < -0.39 is 11.7 Å². The van der Waals surface area contributed by atoms with Crippen molar-refractivity contribution in [1.82, 2.24) is 19.7 Å². The Kier molecular flexibility index (Phi) is 3.82. The average molecular weight is 340 g/mol. The largest absolute Gasteiger partial charge is 0.340 e. The topological polar surface area (TPSA) is 75.6 Å². The summed E-state index contributed by atoms with van der Waals surface area (Å²) < 4.78 is 15.3. The van der Waals surface area contributed by atoms with Crippen LogP contribution in [0.15, 0.2) is 36.9 Å². The second-order valence-corrected chi connectivity index (χ2v) is 5.09. The summed E-state index contributed by atoms with van der Waals surface area (Å²) in [4.78, 5) is 18.4.